The quantitative estimate of drug-likeness (QED) is 0.524. The first-order chi connectivity index (χ1) is 9.63. The van der Waals surface area contributed by atoms with Gasteiger partial charge in [-0.1, -0.05) is 6.92 Å². The minimum atomic E-state index is -0.613. The Hall–Kier alpha value is -1.87. The van der Waals surface area contributed by atoms with Crippen LogP contribution in [0.4, 0.5) is 5.13 Å². The number of aromatic nitrogens is 1. The van der Waals surface area contributed by atoms with Crippen LogP contribution in [0.2, 0.25) is 0 Å². The lowest BCUT2D eigenvalue weighted by atomic mass is 9.93. The van der Waals surface area contributed by atoms with Crippen LogP contribution in [0.3, 0.4) is 0 Å². The number of carbonyl (C=O) groups excluding carboxylic acids is 1. The van der Waals surface area contributed by atoms with Crippen molar-refractivity contribution in [3.8, 4) is 6.07 Å². The average molecular weight is 291 g/mol. The Labute approximate surface area is 122 Å². The summed E-state index contributed by atoms with van der Waals surface area (Å²) in [6.45, 7) is 4.20. The highest BCUT2D eigenvalue weighted by Crippen LogP contribution is 2.32. The van der Waals surface area contributed by atoms with E-state index in [1.54, 1.807) is 18.3 Å². The lowest BCUT2D eigenvalue weighted by Crippen LogP contribution is -2.09. The standard InChI is InChI=1S/C14H17N3O2S/c1-3-19-13(18)10(7-15)8-16-14-17-11-5-4-9(2)6-12(11)20-14/h8-9H,3-6H2,1-2H3,(H,16,17)/b10-8-/t9-/m0/s1. The minimum absolute atomic E-state index is 0.0478. The maximum Gasteiger partial charge on any atom is 0.350 e. The van der Waals surface area contributed by atoms with Crippen LogP contribution >= 0.6 is 11.3 Å². The molecular weight excluding hydrogens is 274 g/mol. The topological polar surface area (TPSA) is 75.0 Å². The Balaban J connectivity index is 2.07. The van der Waals surface area contributed by atoms with Gasteiger partial charge in [-0.15, -0.1) is 11.3 Å². The van der Waals surface area contributed by atoms with Crippen molar-refractivity contribution in [1.29, 1.82) is 5.26 Å². The number of thiazole rings is 1. The fourth-order valence-corrected chi connectivity index (χ4v) is 3.22. The number of aryl methyl sites for hydroxylation is 1. The van der Waals surface area contributed by atoms with Gasteiger partial charge in [0.25, 0.3) is 0 Å². The number of nitriles is 1. The molecule has 2 rings (SSSR count). The van der Waals surface area contributed by atoms with Gasteiger partial charge in [-0.25, -0.2) is 9.78 Å². The molecule has 0 aromatic carbocycles. The molecule has 1 aromatic rings. The molecule has 1 atom stereocenters. The first-order valence-corrected chi connectivity index (χ1v) is 7.48. The van der Waals surface area contributed by atoms with Gasteiger partial charge in [-0.05, 0) is 32.1 Å². The van der Waals surface area contributed by atoms with E-state index in [2.05, 4.69) is 17.2 Å². The molecule has 0 aliphatic heterocycles. The Bertz CT molecular complexity index is 571. The molecule has 20 heavy (non-hydrogen) atoms. The summed E-state index contributed by atoms with van der Waals surface area (Å²) in [5.74, 6) is 0.0815. The second-order valence-electron chi connectivity index (χ2n) is 4.77. The summed E-state index contributed by atoms with van der Waals surface area (Å²) in [5.41, 5.74) is 1.09. The molecule has 1 N–H and O–H groups in total. The normalized spacial score (nSPS) is 18.1. The zero-order chi connectivity index (χ0) is 14.5. The van der Waals surface area contributed by atoms with Crippen molar-refractivity contribution >= 4 is 22.4 Å². The number of carbonyl (C=O) groups is 1. The first kappa shape index (κ1) is 14.5. The van der Waals surface area contributed by atoms with E-state index < -0.39 is 5.97 Å². The molecule has 106 valence electrons. The summed E-state index contributed by atoms with van der Waals surface area (Å²) < 4.78 is 4.79. The highest BCUT2D eigenvalue weighted by atomic mass is 32.1. The molecule has 0 radical (unpaired) electrons. The molecule has 1 aliphatic carbocycles. The van der Waals surface area contributed by atoms with Gasteiger partial charge in [0.05, 0.1) is 12.3 Å². The summed E-state index contributed by atoms with van der Waals surface area (Å²) >= 11 is 1.59. The largest absolute Gasteiger partial charge is 0.462 e. The summed E-state index contributed by atoms with van der Waals surface area (Å²) in [7, 11) is 0. The summed E-state index contributed by atoms with van der Waals surface area (Å²) in [6.07, 6.45) is 4.59. The second-order valence-corrected chi connectivity index (χ2v) is 5.86. The van der Waals surface area contributed by atoms with Gasteiger partial charge in [-0.2, -0.15) is 5.26 Å². The number of esters is 1. The fraction of sp³-hybridized carbons (Fsp3) is 0.500. The molecule has 5 nitrogen and oxygen atoms in total. The van der Waals surface area contributed by atoms with Crippen molar-refractivity contribution in [1.82, 2.24) is 4.98 Å². The van der Waals surface area contributed by atoms with Crippen LogP contribution in [0.1, 0.15) is 30.8 Å². The van der Waals surface area contributed by atoms with Gasteiger partial charge < -0.3 is 10.1 Å². The fourth-order valence-electron chi connectivity index (χ4n) is 2.08. The van der Waals surface area contributed by atoms with Crippen molar-refractivity contribution in [3.05, 3.63) is 22.3 Å². The SMILES string of the molecule is CCOC(=O)/C(C#N)=C\Nc1nc2c(s1)C[C@@H](C)CC2. The summed E-state index contributed by atoms with van der Waals surface area (Å²) in [4.78, 5) is 17.3. The van der Waals surface area contributed by atoms with E-state index in [0.717, 1.165) is 30.1 Å². The van der Waals surface area contributed by atoms with Gasteiger partial charge in [0.2, 0.25) is 0 Å². The van der Waals surface area contributed by atoms with E-state index >= 15 is 0 Å². The van der Waals surface area contributed by atoms with Crippen LogP contribution in [0.25, 0.3) is 0 Å². The molecule has 0 unspecified atom stereocenters. The highest BCUT2D eigenvalue weighted by molar-refractivity contribution is 7.15. The van der Waals surface area contributed by atoms with E-state index in [4.69, 9.17) is 10.00 Å². The van der Waals surface area contributed by atoms with Gasteiger partial charge in [0, 0.05) is 11.1 Å². The van der Waals surface area contributed by atoms with Crippen LogP contribution in [0.15, 0.2) is 11.8 Å². The van der Waals surface area contributed by atoms with Gasteiger partial charge in [0.1, 0.15) is 6.07 Å². The number of ether oxygens (including phenoxy) is 1. The lowest BCUT2D eigenvalue weighted by Gasteiger charge is -2.15. The highest BCUT2D eigenvalue weighted by Gasteiger charge is 2.19. The Kier molecular flexibility index (Phi) is 4.74. The maximum atomic E-state index is 11.5. The molecule has 1 heterocycles. The third kappa shape index (κ3) is 3.36. The number of hydrogen-bond donors (Lipinski definition) is 1. The van der Waals surface area contributed by atoms with Crippen LogP contribution in [-0.2, 0) is 22.4 Å². The van der Waals surface area contributed by atoms with E-state index in [1.807, 2.05) is 6.07 Å². The maximum absolute atomic E-state index is 11.5. The number of nitrogens with zero attached hydrogens (tertiary/aromatic N) is 2. The minimum Gasteiger partial charge on any atom is -0.462 e. The smallest absolute Gasteiger partial charge is 0.350 e. The number of rotatable bonds is 4. The summed E-state index contributed by atoms with van der Waals surface area (Å²) in [5, 5.41) is 12.6. The monoisotopic (exact) mass is 291 g/mol. The van der Waals surface area contributed by atoms with Gasteiger partial charge in [-0.3, -0.25) is 0 Å². The van der Waals surface area contributed by atoms with Crippen molar-refractivity contribution < 1.29 is 9.53 Å². The molecule has 0 bridgehead atoms. The van der Waals surface area contributed by atoms with Crippen molar-refractivity contribution in [2.45, 2.75) is 33.1 Å². The van der Waals surface area contributed by atoms with Gasteiger partial charge >= 0.3 is 5.97 Å². The molecule has 0 saturated carbocycles. The Morgan fingerprint density at radius 3 is 3.20 bits per heavy atom. The average Bonchev–Trinajstić information content (AvgIpc) is 2.81. The first-order valence-electron chi connectivity index (χ1n) is 6.66. The van der Waals surface area contributed by atoms with E-state index in [0.29, 0.717) is 5.92 Å². The van der Waals surface area contributed by atoms with Crippen LogP contribution in [-0.4, -0.2) is 17.6 Å². The molecular formula is C14H17N3O2S. The zero-order valence-corrected chi connectivity index (χ0v) is 12.4. The predicted octanol–water partition coefficient (Wildman–Crippen LogP) is 2.65. The third-order valence-corrected chi connectivity index (χ3v) is 4.19. The third-order valence-electron chi connectivity index (χ3n) is 3.14. The second kappa shape index (κ2) is 6.53. The number of hydrogen-bond acceptors (Lipinski definition) is 6. The molecule has 0 saturated heterocycles. The predicted molar refractivity (Wildman–Crippen MR) is 77.3 cm³/mol. The molecule has 0 spiro atoms. The van der Waals surface area contributed by atoms with Crippen molar-refractivity contribution in [2.24, 2.45) is 5.92 Å². The number of anilines is 1. The van der Waals surface area contributed by atoms with Crippen LogP contribution < -0.4 is 5.32 Å². The van der Waals surface area contributed by atoms with E-state index in [-0.39, 0.29) is 12.2 Å². The zero-order valence-electron chi connectivity index (χ0n) is 11.6. The Morgan fingerprint density at radius 2 is 2.50 bits per heavy atom. The number of nitrogens with one attached hydrogen (secondary N) is 1. The van der Waals surface area contributed by atoms with Gasteiger partial charge in [0.15, 0.2) is 10.7 Å². The van der Waals surface area contributed by atoms with Crippen molar-refractivity contribution in [2.75, 3.05) is 11.9 Å². The van der Waals surface area contributed by atoms with Crippen LogP contribution in [0.5, 0.6) is 0 Å². The summed E-state index contributed by atoms with van der Waals surface area (Å²) in [6, 6.07) is 1.83. The molecule has 0 amide bonds. The van der Waals surface area contributed by atoms with E-state index in [9.17, 15) is 4.79 Å². The van der Waals surface area contributed by atoms with Crippen LogP contribution in [0, 0.1) is 17.2 Å². The number of fused-ring (bicyclic) bond motifs is 1. The lowest BCUT2D eigenvalue weighted by molar-refractivity contribution is -0.138. The van der Waals surface area contributed by atoms with Crippen molar-refractivity contribution in [3.63, 3.8) is 0 Å². The molecule has 1 aliphatic rings. The molecule has 0 fully saturated rings. The Morgan fingerprint density at radius 1 is 1.70 bits per heavy atom. The molecule has 6 heteroatoms. The molecule has 1 aromatic heterocycles. The van der Waals surface area contributed by atoms with E-state index in [1.165, 1.54) is 11.1 Å².